The fraction of sp³-hybridized carbons (Fsp3) is 0.917. The zero-order valence-electron chi connectivity index (χ0n) is 10.6. The second kappa shape index (κ2) is 5.64. The van der Waals surface area contributed by atoms with Gasteiger partial charge in [-0.1, -0.05) is 19.8 Å². The number of nitrogens with one attached hydrogen (secondary N) is 1. The molecule has 0 aromatic rings. The number of hydrogen-bond donors (Lipinski definition) is 2. The molecule has 1 rings (SSSR count). The summed E-state index contributed by atoms with van der Waals surface area (Å²) in [5, 5.41) is 12.7. The maximum Gasteiger partial charge on any atom is 0.323 e. The van der Waals surface area contributed by atoms with Crippen LogP contribution in [0.2, 0.25) is 0 Å². The van der Waals surface area contributed by atoms with E-state index < -0.39 is 11.5 Å². The molecule has 1 aliphatic carbocycles. The van der Waals surface area contributed by atoms with Crippen molar-refractivity contribution in [2.75, 3.05) is 27.2 Å². The highest BCUT2D eigenvalue weighted by molar-refractivity contribution is 5.79. The predicted molar refractivity (Wildman–Crippen MR) is 64.6 cm³/mol. The lowest BCUT2D eigenvalue weighted by molar-refractivity contribution is -0.147. The van der Waals surface area contributed by atoms with Crippen LogP contribution in [0.15, 0.2) is 0 Å². The largest absolute Gasteiger partial charge is 0.480 e. The molecule has 0 heterocycles. The van der Waals surface area contributed by atoms with E-state index in [0.717, 1.165) is 38.8 Å². The number of likely N-dealkylation sites (N-methyl/N-ethyl adjacent to an activating group) is 1. The number of carbonyl (C=O) groups is 1. The highest BCUT2D eigenvalue weighted by atomic mass is 16.4. The fourth-order valence-corrected chi connectivity index (χ4v) is 2.50. The second-order valence-corrected chi connectivity index (χ2v) is 5.32. The summed E-state index contributed by atoms with van der Waals surface area (Å²) in [6, 6.07) is 0. The SMILES string of the molecule is CC1CCCC(NCCN(C)C)(C(=O)O)C1. The summed E-state index contributed by atoms with van der Waals surface area (Å²) in [6.07, 6.45) is 3.70. The van der Waals surface area contributed by atoms with Crippen molar-refractivity contribution in [3.8, 4) is 0 Å². The predicted octanol–water partition coefficient (Wildman–Crippen LogP) is 1.17. The number of carboxylic acid groups (broad SMARTS) is 1. The van der Waals surface area contributed by atoms with Crippen molar-refractivity contribution in [1.29, 1.82) is 0 Å². The molecule has 1 fully saturated rings. The summed E-state index contributed by atoms with van der Waals surface area (Å²) in [4.78, 5) is 13.5. The van der Waals surface area contributed by atoms with E-state index in [-0.39, 0.29) is 0 Å². The first kappa shape index (κ1) is 13.5. The van der Waals surface area contributed by atoms with E-state index in [1.807, 2.05) is 14.1 Å². The number of carboxylic acids is 1. The van der Waals surface area contributed by atoms with Crippen LogP contribution in [-0.2, 0) is 4.79 Å². The van der Waals surface area contributed by atoms with Crippen LogP contribution in [0.3, 0.4) is 0 Å². The molecule has 1 saturated carbocycles. The van der Waals surface area contributed by atoms with Crippen LogP contribution in [0.4, 0.5) is 0 Å². The monoisotopic (exact) mass is 228 g/mol. The molecule has 94 valence electrons. The molecule has 0 aliphatic heterocycles. The Hall–Kier alpha value is -0.610. The summed E-state index contributed by atoms with van der Waals surface area (Å²) in [6.45, 7) is 3.76. The van der Waals surface area contributed by atoms with Gasteiger partial charge in [-0.15, -0.1) is 0 Å². The quantitative estimate of drug-likeness (QED) is 0.741. The molecule has 2 N–H and O–H groups in total. The van der Waals surface area contributed by atoms with Gasteiger partial charge < -0.3 is 15.3 Å². The third-order valence-corrected chi connectivity index (χ3v) is 3.43. The molecule has 0 saturated heterocycles. The molecule has 0 spiro atoms. The van der Waals surface area contributed by atoms with E-state index in [9.17, 15) is 9.90 Å². The van der Waals surface area contributed by atoms with Crippen molar-refractivity contribution in [3.05, 3.63) is 0 Å². The molecular formula is C12H24N2O2. The lowest BCUT2D eigenvalue weighted by atomic mass is 9.76. The van der Waals surface area contributed by atoms with Crippen molar-refractivity contribution in [2.45, 2.75) is 38.1 Å². The standard InChI is InChI=1S/C12H24N2O2/c1-10-5-4-6-12(9-10,11(15)16)13-7-8-14(2)3/h10,13H,4-9H2,1-3H3,(H,15,16). The van der Waals surface area contributed by atoms with Crippen molar-refractivity contribution >= 4 is 5.97 Å². The Kier molecular flexibility index (Phi) is 4.74. The van der Waals surface area contributed by atoms with E-state index in [1.54, 1.807) is 0 Å². The molecule has 0 aromatic carbocycles. The Balaban J connectivity index is 2.55. The zero-order chi connectivity index (χ0) is 12.2. The maximum atomic E-state index is 11.4. The van der Waals surface area contributed by atoms with Crippen molar-refractivity contribution in [3.63, 3.8) is 0 Å². The van der Waals surface area contributed by atoms with Crippen LogP contribution in [0.25, 0.3) is 0 Å². The van der Waals surface area contributed by atoms with Gasteiger partial charge in [-0.2, -0.15) is 0 Å². The maximum absolute atomic E-state index is 11.4. The molecule has 4 heteroatoms. The lowest BCUT2D eigenvalue weighted by Crippen LogP contribution is -2.56. The zero-order valence-corrected chi connectivity index (χ0v) is 10.6. The van der Waals surface area contributed by atoms with Gasteiger partial charge in [0.2, 0.25) is 0 Å². The van der Waals surface area contributed by atoms with Gasteiger partial charge in [-0.05, 0) is 32.9 Å². The Morgan fingerprint density at radius 1 is 1.56 bits per heavy atom. The van der Waals surface area contributed by atoms with E-state index in [4.69, 9.17) is 0 Å². The van der Waals surface area contributed by atoms with Crippen molar-refractivity contribution in [1.82, 2.24) is 10.2 Å². The van der Waals surface area contributed by atoms with E-state index in [2.05, 4.69) is 17.1 Å². The summed E-state index contributed by atoms with van der Waals surface area (Å²) >= 11 is 0. The Bertz CT molecular complexity index is 243. The number of aliphatic carboxylic acids is 1. The molecule has 2 unspecified atom stereocenters. The lowest BCUT2D eigenvalue weighted by Gasteiger charge is -2.37. The first-order chi connectivity index (χ1) is 7.46. The topological polar surface area (TPSA) is 52.6 Å². The van der Waals surface area contributed by atoms with Gasteiger partial charge in [0, 0.05) is 13.1 Å². The van der Waals surface area contributed by atoms with Gasteiger partial charge in [-0.3, -0.25) is 4.79 Å². The summed E-state index contributed by atoms with van der Waals surface area (Å²) in [5.41, 5.74) is -0.673. The molecule has 0 radical (unpaired) electrons. The minimum absolute atomic E-state index is 0.511. The number of rotatable bonds is 5. The van der Waals surface area contributed by atoms with E-state index >= 15 is 0 Å². The molecule has 4 nitrogen and oxygen atoms in total. The third-order valence-electron chi connectivity index (χ3n) is 3.43. The molecule has 0 bridgehead atoms. The molecule has 16 heavy (non-hydrogen) atoms. The highest BCUT2D eigenvalue weighted by Crippen LogP contribution is 2.32. The van der Waals surface area contributed by atoms with Gasteiger partial charge in [-0.25, -0.2) is 0 Å². The Morgan fingerprint density at radius 2 is 2.25 bits per heavy atom. The molecule has 1 aliphatic rings. The van der Waals surface area contributed by atoms with Gasteiger partial charge in [0.05, 0.1) is 0 Å². The molecule has 2 atom stereocenters. The third kappa shape index (κ3) is 3.46. The van der Waals surface area contributed by atoms with Gasteiger partial charge in [0.25, 0.3) is 0 Å². The average Bonchev–Trinajstić information content (AvgIpc) is 2.16. The highest BCUT2D eigenvalue weighted by Gasteiger charge is 2.41. The smallest absolute Gasteiger partial charge is 0.323 e. The first-order valence-electron chi connectivity index (χ1n) is 6.09. The van der Waals surface area contributed by atoms with Gasteiger partial charge in [0.1, 0.15) is 5.54 Å². The molecule has 0 amide bonds. The van der Waals surface area contributed by atoms with Gasteiger partial charge in [0.15, 0.2) is 0 Å². The van der Waals surface area contributed by atoms with Crippen molar-refractivity contribution < 1.29 is 9.90 Å². The van der Waals surface area contributed by atoms with Gasteiger partial charge >= 0.3 is 5.97 Å². The Morgan fingerprint density at radius 3 is 2.75 bits per heavy atom. The fourth-order valence-electron chi connectivity index (χ4n) is 2.50. The average molecular weight is 228 g/mol. The van der Waals surface area contributed by atoms with Crippen LogP contribution < -0.4 is 5.32 Å². The summed E-state index contributed by atoms with van der Waals surface area (Å²) in [5.74, 6) is -0.172. The van der Waals surface area contributed by atoms with Crippen LogP contribution in [0, 0.1) is 5.92 Å². The van der Waals surface area contributed by atoms with Crippen LogP contribution in [0.1, 0.15) is 32.6 Å². The number of nitrogens with zero attached hydrogens (tertiary/aromatic N) is 1. The van der Waals surface area contributed by atoms with Crippen LogP contribution in [-0.4, -0.2) is 48.7 Å². The van der Waals surface area contributed by atoms with E-state index in [0.29, 0.717) is 5.92 Å². The minimum Gasteiger partial charge on any atom is -0.480 e. The summed E-state index contributed by atoms with van der Waals surface area (Å²) in [7, 11) is 4.00. The first-order valence-corrected chi connectivity index (χ1v) is 6.09. The molecular weight excluding hydrogens is 204 g/mol. The van der Waals surface area contributed by atoms with Crippen molar-refractivity contribution in [2.24, 2.45) is 5.92 Å². The second-order valence-electron chi connectivity index (χ2n) is 5.32. The minimum atomic E-state index is -0.683. The Labute approximate surface area is 98.0 Å². The summed E-state index contributed by atoms with van der Waals surface area (Å²) < 4.78 is 0. The molecule has 0 aromatic heterocycles. The van der Waals surface area contributed by atoms with Crippen LogP contribution in [0.5, 0.6) is 0 Å². The van der Waals surface area contributed by atoms with E-state index in [1.165, 1.54) is 0 Å². The number of hydrogen-bond acceptors (Lipinski definition) is 3. The van der Waals surface area contributed by atoms with Crippen LogP contribution >= 0.6 is 0 Å². The normalized spacial score (nSPS) is 30.6.